The Hall–Kier alpha value is -2.58. The number of aryl methyl sites for hydroxylation is 2. The number of hydrogen-bond donors (Lipinski definition) is 6. The van der Waals surface area contributed by atoms with Gasteiger partial charge in [-0.3, -0.25) is 10.9 Å². The average Bonchev–Trinajstić information content (AvgIpc) is 2.70. The van der Waals surface area contributed by atoms with Gasteiger partial charge in [0.1, 0.15) is 11.6 Å². The van der Waals surface area contributed by atoms with Crippen LogP contribution in [0, 0.1) is 13.8 Å². The van der Waals surface area contributed by atoms with Gasteiger partial charge in [-0.05, 0) is 26.7 Å². The van der Waals surface area contributed by atoms with E-state index < -0.39 is 0 Å². The van der Waals surface area contributed by atoms with Gasteiger partial charge in [0, 0.05) is 62.1 Å². The van der Waals surface area contributed by atoms with Crippen molar-refractivity contribution < 1.29 is 0 Å². The van der Waals surface area contributed by atoms with Crippen molar-refractivity contribution in [1.82, 2.24) is 24.9 Å². The van der Waals surface area contributed by atoms with E-state index in [4.69, 9.17) is 27.9 Å². The van der Waals surface area contributed by atoms with Gasteiger partial charge in [0.25, 0.3) is 0 Å². The van der Waals surface area contributed by atoms with Crippen molar-refractivity contribution >= 4 is 36.1 Å². The van der Waals surface area contributed by atoms with Gasteiger partial charge in [0.05, 0.1) is 0 Å². The molecule has 2 aromatic heterocycles. The summed E-state index contributed by atoms with van der Waals surface area (Å²) in [6, 6.07) is 1.65. The van der Waals surface area contributed by atoms with Crippen molar-refractivity contribution in [3.63, 3.8) is 0 Å². The lowest BCUT2D eigenvalue weighted by Gasteiger charge is -2.37. The minimum Gasteiger partial charge on any atom is -0.338 e. The summed E-state index contributed by atoms with van der Waals surface area (Å²) < 4.78 is 0. The van der Waals surface area contributed by atoms with Crippen LogP contribution in [0.25, 0.3) is 0 Å². The Morgan fingerprint density at radius 1 is 0.727 bits per heavy atom. The van der Waals surface area contributed by atoms with Gasteiger partial charge in [-0.2, -0.15) is 15.0 Å². The van der Waals surface area contributed by atoms with Gasteiger partial charge >= 0.3 is 0 Å². The number of piperidine rings is 2. The van der Waals surface area contributed by atoms with Crippen LogP contribution in [0.2, 0.25) is 0 Å². The largest absolute Gasteiger partial charge is 0.338 e. The summed E-state index contributed by atoms with van der Waals surface area (Å²) in [5.41, 5.74) is 31.7. The molecule has 0 aromatic carbocycles. The van der Waals surface area contributed by atoms with E-state index in [1.165, 1.54) is 0 Å². The number of hydrazine groups is 1. The molecule has 0 aliphatic carbocycles. The fourth-order valence-electron chi connectivity index (χ4n) is 4.28. The second-order valence-corrected chi connectivity index (χ2v) is 8.77. The summed E-state index contributed by atoms with van der Waals surface area (Å²) in [4.78, 5) is 26.6. The smallest absolute Gasteiger partial charge is 0.248 e. The Kier molecular flexibility index (Phi) is 8.02. The average molecular weight is 480 g/mol. The molecular weight excluding hydrogens is 446 g/mol. The third-order valence-corrected chi connectivity index (χ3v) is 5.48. The molecule has 2 fully saturated rings. The fraction of sp³-hybridized carbons (Fsp3) is 0.632. The van der Waals surface area contributed by atoms with Crippen molar-refractivity contribution in [2.45, 2.75) is 50.9 Å². The van der Waals surface area contributed by atoms with Crippen LogP contribution in [0.15, 0.2) is 6.07 Å². The molecule has 4 heterocycles. The van der Waals surface area contributed by atoms with Crippen LogP contribution in [0.4, 0.5) is 23.7 Å². The first kappa shape index (κ1) is 25.1. The van der Waals surface area contributed by atoms with E-state index >= 15 is 0 Å². The highest BCUT2D eigenvalue weighted by molar-refractivity contribution is 5.85. The number of nitrogens with zero attached hydrogens (tertiary/aromatic N) is 7. The molecule has 4 atom stereocenters. The Balaban J connectivity index is 0.00000306. The third-order valence-electron chi connectivity index (χ3n) is 5.48. The summed E-state index contributed by atoms with van der Waals surface area (Å²) >= 11 is 0. The van der Waals surface area contributed by atoms with Crippen LogP contribution < -0.4 is 43.6 Å². The molecule has 0 radical (unpaired) electrons. The van der Waals surface area contributed by atoms with Gasteiger partial charge in [0.15, 0.2) is 0 Å². The minimum absolute atomic E-state index is 0. The summed E-state index contributed by atoms with van der Waals surface area (Å²) in [5.74, 6) is 2.64. The number of anilines is 4. The number of halogens is 1. The molecular formula is C19H34ClN13. The van der Waals surface area contributed by atoms with E-state index in [0.29, 0.717) is 55.7 Å². The first-order valence-corrected chi connectivity index (χ1v) is 10.9. The molecule has 2 aliphatic rings. The summed E-state index contributed by atoms with van der Waals surface area (Å²) in [6.45, 7) is 6.22. The lowest BCUT2D eigenvalue weighted by atomic mass is 10.0. The van der Waals surface area contributed by atoms with E-state index in [0.717, 1.165) is 18.5 Å². The van der Waals surface area contributed by atoms with Crippen LogP contribution in [-0.4, -0.2) is 75.3 Å². The molecule has 0 unspecified atom stereocenters. The second-order valence-electron chi connectivity index (χ2n) is 8.77. The zero-order valence-electron chi connectivity index (χ0n) is 19.0. The SMILES string of the molecule is Cc1cc(NNc2nc(N3C[C@H](N)C[C@H](N)C3)nc(N3C[C@H](N)C[C@H](N)C3)n2)nc(C)n1.Cl. The molecule has 2 aromatic rings. The van der Waals surface area contributed by atoms with Crippen molar-refractivity contribution in [2.75, 3.05) is 46.8 Å². The highest BCUT2D eigenvalue weighted by atomic mass is 35.5. The second kappa shape index (κ2) is 10.6. The lowest BCUT2D eigenvalue weighted by Crippen LogP contribution is -2.54. The normalized spacial score (nSPS) is 25.4. The predicted molar refractivity (Wildman–Crippen MR) is 131 cm³/mol. The predicted octanol–water partition coefficient (Wildman–Crippen LogP) is -1.13. The van der Waals surface area contributed by atoms with Crippen LogP contribution >= 0.6 is 12.4 Å². The minimum atomic E-state index is -0.0442. The van der Waals surface area contributed by atoms with E-state index in [2.05, 4.69) is 30.8 Å². The van der Waals surface area contributed by atoms with E-state index in [9.17, 15) is 0 Å². The van der Waals surface area contributed by atoms with Crippen molar-refractivity contribution in [3.8, 4) is 0 Å². The first-order chi connectivity index (χ1) is 15.2. The van der Waals surface area contributed by atoms with Crippen molar-refractivity contribution in [3.05, 3.63) is 17.6 Å². The number of nitrogens with one attached hydrogen (secondary N) is 2. The van der Waals surface area contributed by atoms with Crippen molar-refractivity contribution in [2.24, 2.45) is 22.9 Å². The molecule has 33 heavy (non-hydrogen) atoms. The third kappa shape index (κ3) is 6.48. The summed E-state index contributed by atoms with van der Waals surface area (Å²) in [6.07, 6.45) is 1.53. The van der Waals surface area contributed by atoms with Gasteiger partial charge in [-0.1, -0.05) is 0 Å². The standard InChI is InChI=1S/C19H33N13.ClH/c1-10-3-16(25-11(2)24-10)29-30-17-26-18(31-6-12(20)4-13(21)7-31)28-19(27-17)32-8-14(22)5-15(23)9-32;/h3,12-15H,4-9,20-23H2,1-2H3,(H,24,25,29)(H,26,27,28,30);1H/t12-,13+,14-,15+;. The summed E-state index contributed by atoms with van der Waals surface area (Å²) in [5, 5.41) is 0. The lowest BCUT2D eigenvalue weighted by molar-refractivity contribution is 0.441. The highest BCUT2D eigenvalue weighted by Gasteiger charge is 2.28. The van der Waals surface area contributed by atoms with Crippen molar-refractivity contribution in [1.29, 1.82) is 0 Å². The molecule has 4 rings (SSSR count). The van der Waals surface area contributed by atoms with Crippen LogP contribution in [0.5, 0.6) is 0 Å². The molecule has 2 aliphatic heterocycles. The highest BCUT2D eigenvalue weighted by Crippen LogP contribution is 2.22. The molecule has 10 N–H and O–H groups in total. The molecule has 14 heteroatoms. The number of rotatable bonds is 5. The molecule has 182 valence electrons. The maximum atomic E-state index is 6.19. The topological polar surface area (TPSA) is 199 Å². The zero-order valence-corrected chi connectivity index (χ0v) is 19.8. The van der Waals surface area contributed by atoms with Crippen LogP contribution in [0.3, 0.4) is 0 Å². The first-order valence-electron chi connectivity index (χ1n) is 10.9. The maximum Gasteiger partial charge on any atom is 0.248 e. The molecule has 0 spiro atoms. The van der Waals surface area contributed by atoms with E-state index in [1.807, 2.05) is 29.7 Å². The maximum absolute atomic E-state index is 6.19. The zero-order chi connectivity index (χ0) is 22.8. The van der Waals surface area contributed by atoms with E-state index in [-0.39, 0.29) is 36.6 Å². The van der Waals surface area contributed by atoms with Crippen LogP contribution in [-0.2, 0) is 0 Å². The Morgan fingerprint density at radius 3 is 1.67 bits per heavy atom. The Labute approximate surface area is 199 Å². The molecule has 0 amide bonds. The quantitative estimate of drug-likeness (QED) is 0.281. The fourth-order valence-corrected chi connectivity index (χ4v) is 4.28. The number of hydrogen-bond acceptors (Lipinski definition) is 13. The van der Waals surface area contributed by atoms with E-state index in [1.54, 1.807) is 0 Å². The van der Waals surface area contributed by atoms with Gasteiger partial charge in [-0.25, -0.2) is 9.97 Å². The van der Waals surface area contributed by atoms with Crippen LogP contribution in [0.1, 0.15) is 24.4 Å². The molecule has 2 saturated heterocycles. The number of aromatic nitrogens is 5. The number of nitrogens with two attached hydrogens (primary N) is 4. The Bertz CT molecular complexity index is 859. The van der Waals surface area contributed by atoms with Gasteiger partial charge in [0.2, 0.25) is 17.8 Å². The van der Waals surface area contributed by atoms with Gasteiger partial charge in [-0.15, -0.1) is 12.4 Å². The molecule has 13 nitrogen and oxygen atoms in total. The Morgan fingerprint density at radius 2 is 1.21 bits per heavy atom. The van der Waals surface area contributed by atoms with Gasteiger partial charge < -0.3 is 32.7 Å². The summed E-state index contributed by atoms with van der Waals surface area (Å²) in [7, 11) is 0. The molecule has 0 saturated carbocycles. The molecule has 0 bridgehead atoms. The monoisotopic (exact) mass is 479 g/mol.